The molecule has 3 aromatic heterocycles. The average Bonchev–Trinajstić information content (AvgIpc) is 3.33. The van der Waals surface area contributed by atoms with Gasteiger partial charge in [0.25, 0.3) is 5.91 Å². The fourth-order valence-corrected chi connectivity index (χ4v) is 3.78. The lowest BCUT2D eigenvalue weighted by atomic mass is 10.1. The Morgan fingerprint density at radius 3 is 3.04 bits per heavy atom. The first kappa shape index (κ1) is 16.3. The van der Waals surface area contributed by atoms with Crippen molar-refractivity contribution in [3.05, 3.63) is 46.7 Å². The number of halogens is 1. The Bertz CT molecular complexity index is 917. The minimum absolute atomic E-state index is 0.0653. The molecular weight excluding hydrogens is 384 g/mol. The molecule has 1 saturated heterocycles. The standard InChI is InChI=1S/C18H19BrN4O2/c1-2-9-23-16(21-13-4-3-8-20-17(13)23)12-7-10-22(11-12)18(24)14-5-6-15(19)25-14/h3-6,8,12H,2,7,9-11H2,1H3. The van der Waals surface area contributed by atoms with Crippen LogP contribution in [0.5, 0.6) is 0 Å². The Kier molecular flexibility index (Phi) is 4.33. The van der Waals surface area contributed by atoms with Crippen LogP contribution in [0.2, 0.25) is 0 Å². The summed E-state index contributed by atoms with van der Waals surface area (Å²) < 4.78 is 8.18. The van der Waals surface area contributed by atoms with Crippen LogP contribution < -0.4 is 0 Å². The van der Waals surface area contributed by atoms with Crippen LogP contribution >= 0.6 is 15.9 Å². The zero-order valence-corrected chi connectivity index (χ0v) is 15.6. The van der Waals surface area contributed by atoms with Crippen LogP contribution in [0.15, 0.2) is 39.5 Å². The Balaban J connectivity index is 1.60. The fourth-order valence-electron chi connectivity index (χ4n) is 3.47. The second-order valence-electron chi connectivity index (χ2n) is 6.31. The van der Waals surface area contributed by atoms with E-state index in [1.54, 1.807) is 18.3 Å². The SMILES string of the molecule is CCCn1c(C2CCN(C(=O)c3ccc(Br)o3)C2)nc2cccnc21. The maximum absolute atomic E-state index is 12.6. The van der Waals surface area contributed by atoms with Gasteiger partial charge in [0, 0.05) is 31.7 Å². The highest BCUT2D eigenvalue weighted by atomic mass is 79.9. The molecule has 1 amide bonds. The van der Waals surface area contributed by atoms with Gasteiger partial charge in [-0.15, -0.1) is 0 Å². The number of hydrogen-bond donors (Lipinski definition) is 0. The van der Waals surface area contributed by atoms with Crippen molar-refractivity contribution in [1.82, 2.24) is 19.4 Å². The molecule has 0 aromatic carbocycles. The smallest absolute Gasteiger partial charge is 0.289 e. The molecule has 1 fully saturated rings. The van der Waals surface area contributed by atoms with Gasteiger partial charge in [-0.25, -0.2) is 9.97 Å². The van der Waals surface area contributed by atoms with Crippen molar-refractivity contribution in [3.8, 4) is 0 Å². The molecule has 25 heavy (non-hydrogen) atoms. The highest BCUT2D eigenvalue weighted by Crippen LogP contribution is 2.30. The number of nitrogens with zero attached hydrogens (tertiary/aromatic N) is 4. The average molecular weight is 403 g/mol. The largest absolute Gasteiger partial charge is 0.444 e. The second-order valence-corrected chi connectivity index (χ2v) is 7.09. The van der Waals surface area contributed by atoms with E-state index in [4.69, 9.17) is 9.40 Å². The van der Waals surface area contributed by atoms with E-state index in [2.05, 4.69) is 32.4 Å². The van der Waals surface area contributed by atoms with E-state index in [1.165, 1.54) is 0 Å². The fraction of sp³-hybridized carbons (Fsp3) is 0.389. The number of likely N-dealkylation sites (tertiary alicyclic amines) is 1. The summed E-state index contributed by atoms with van der Waals surface area (Å²) in [5.41, 5.74) is 1.85. The van der Waals surface area contributed by atoms with Crippen molar-refractivity contribution in [3.63, 3.8) is 0 Å². The molecule has 3 aromatic rings. The van der Waals surface area contributed by atoms with Gasteiger partial charge in [0.15, 0.2) is 16.1 Å². The molecular formula is C18H19BrN4O2. The summed E-state index contributed by atoms with van der Waals surface area (Å²) in [7, 11) is 0. The molecule has 1 atom stereocenters. The molecule has 6 nitrogen and oxygen atoms in total. The van der Waals surface area contributed by atoms with Crippen molar-refractivity contribution in [2.24, 2.45) is 0 Å². The van der Waals surface area contributed by atoms with Crippen LogP contribution in [0.4, 0.5) is 0 Å². The lowest BCUT2D eigenvalue weighted by molar-refractivity contribution is 0.0757. The Morgan fingerprint density at radius 2 is 2.28 bits per heavy atom. The third-order valence-corrected chi connectivity index (χ3v) is 5.03. The topological polar surface area (TPSA) is 64.2 Å². The number of pyridine rings is 1. The number of aryl methyl sites for hydroxylation is 1. The highest BCUT2D eigenvalue weighted by Gasteiger charge is 2.32. The minimum atomic E-state index is -0.0653. The molecule has 130 valence electrons. The number of carbonyl (C=O) groups excluding carboxylic acids is 1. The van der Waals surface area contributed by atoms with Crippen molar-refractivity contribution in [2.45, 2.75) is 32.2 Å². The Morgan fingerprint density at radius 1 is 1.40 bits per heavy atom. The normalized spacial score (nSPS) is 17.5. The van der Waals surface area contributed by atoms with Crippen molar-refractivity contribution in [2.75, 3.05) is 13.1 Å². The number of aromatic nitrogens is 3. The Hall–Kier alpha value is -2.15. The first-order valence-corrected chi connectivity index (χ1v) is 9.32. The summed E-state index contributed by atoms with van der Waals surface area (Å²) >= 11 is 3.25. The van der Waals surface area contributed by atoms with Crippen LogP contribution in [-0.4, -0.2) is 38.4 Å². The van der Waals surface area contributed by atoms with Crippen molar-refractivity contribution >= 4 is 33.0 Å². The van der Waals surface area contributed by atoms with Crippen molar-refractivity contribution < 1.29 is 9.21 Å². The van der Waals surface area contributed by atoms with Crippen LogP contribution in [-0.2, 0) is 6.54 Å². The maximum Gasteiger partial charge on any atom is 0.289 e. The third-order valence-electron chi connectivity index (χ3n) is 4.61. The third kappa shape index (κ3) is 2.97. The van der Waals surface area contributed by atoms with E-state index < -0.39 is 0 Å². The summed E-state index contributed by atoms with van der Waals surface area (Å²) in [4.78, 5) is 23.7. The number of imidazole rings is 1. The highest BCUT2D eigenvalue weighted by molar-refractivity contribution is 9.10. The van der Waals surface area contributed by atoms with Gasteiger partial charge in [0.2, 0.25) is 0 Å². The van der Waals surface area contributed by atoms with E-state index in [-0.39, 0.29) is 11.8 Å². The first-order valence-electron chi connectivity index (χ1n) is 8.53. The molecule has 0 aliphatic carbocycles. The number of furan rings is 1. The van der Waals surface area contributed by atoms with Crippen LogP contribution in [0, 0.1) is 0 Å². The van der Waals surface area contributed by atoms with E-state index in [9.17, 15) is 4.79 Å². The molecule has 0 bridgehead atoms. The molecule has 0 N–H and O–H groups in total. The van der Waals surface area contributed by atoms with Gasteiger partial charge in [-0.2, -0.15) is 0 Å². The molecule has 0 spiro atoms. The van der Waals surface area contributed by atoms with Crippen LogP contribution in [0.3, 0.4) is 0 Å². The summed E-state index contributed by atoms with van der Waals surface area (Å²) in [6, 6.07) is 7.36. The van der Waals surface area contributed by atoms with Gasteiger partial charge in [0.1, 0.15) is 11.3 Å². The molecule has 0 radical (unpaired) electrons. The van der Waals surface area contributed by atoms with Gasteiger partial charge in [-0.3, -0.25) is 4.79 Å². The summed E-state index contributed by atoms with van der Waals surface area (Å²) in [6.45, 7) is 4.41. The van der Waals surface area contributed by atoms with E-state index in [0.29, 0.717) is 23.5 Å². The first-order chi connectivity index (χ1) is 12.2. The lowest BCUT2D eigenvalue weighted by Crippen LogP contribution is -2.28. The number of hydrogen-bond acceptors (Lipinski definition) is 4. The second kappa shape index (κ2) is 6.63. The molecule has 4 rings (SSSR count). The molecule has 1 aliphatic heterocycles. The van der Waals surface area contributed by atoms with Gasteiger partial charge in [-0.1, -0.05) is 6.92 Å². The number of fused-ring (bicyclic) bond motifs is 1. The predicted molar refractivity (Wildman–Crippen MR) is 97.5 cm³/mol. The van der Waals surface area contributed by atoms with Gasteiger partial charge >= 0.3 is 0 Å². The summed E-state index contributed by atoms with van der Waals surface area (Å²) in [6.07, 6.45) is 3.73. The zero-order valence-electron chi connectivity index (χ0n) is 14.0. The van der Waals surface area contributed by atoms with Crippen molar-refractivity contribution in [1.29, 1.82) is 0 Å². The monoisotopic (exact) mass is 402 g/mol. The van der Waals surface area contributed by atoms with E-state index in [0.717, 1.165) is 36.4 Å². The predicted octanol–water partition coefficient (Wildman–Crippen LogP) is 3.83. The van der Waals surface area contributed by atoms with E-state index >= 15 is 0 Å². The van der Waals surface area contributed by atoms with E-state index in [1.807, 2.05) is 17.0 Å². The molecule has 1 aliphatic rings. The number of amides is 1. The van der Waals surface area contributed by atoms with Gasteiger partial charge in [0.05, 0.1) is 0 Å². The van der Waals surface area contributed by atoms with Crippen LogP contribution in [0.1, 0.15) is 42.1 Å². The van der Waals surface area contributed by atoms with Gasteiger partial charge < -0.3 is 13.9 Å². The number of carbonyl (C=O) groups is 1. The quantitative estimate of drug-likeness (QED) is 0.664. The maximum atomic E-state index is 12.6. The Labute approximate surface area is 154 Å². The zero-order chi connectivity index (χ0) is 17.4. The molecule has 4 heterocycles. The molecule has 1 unspecified atom stereocenters. The summed E-state index contributed by atoms with van der Waals surface area (Å²) in [5, 5.41) is 0. The molecule has 7 heteroatoms. The minimum Gasteiger partial charge on any atom is -0.444 e. The summed E-state index contributed by atoms with van der Waals surface area (Å²) in [5.74, 6) is 1.57. The van der Waals surface area contributed by atoms with Gasteiger partial charge in [-0.05, 0) is 53.0 Å². The molecule has 0 saturated carbocycles. The number of rotatable bonds is 4. The van der Waals surface area contributed by atoms with Crippen LogP contribution in [0.25, 0.3) is 11.2 Å². The lowest BCUT2D eigenvalue weighted by Gasteiger charge is -2.16.